The molecule has 1 aromatic carbocycles. The monoisotopic (exact) mass is 222 g/mol. The maximum Gasteiger partial charge on any atom is 0.338 e. The van der Waals surface area contributed by atoms with Gasteiger partial charge in [-0.3, -0.25) is 0 Å². The SMILES string of the molecule is [B]CCOc1cc(F)c(C)c(C(=O)OC)c1. The average Bonchev–Trinajstić information content (AvgIpc) is 2.29. The van der Waals surface area contributed by atoms with Crippen molar-refractivity contribution in [2.75, 3.05) is 13.7 Å². The van der Waals surface area contributed by atoms with Gasteiger partial charge in [0.15, 0.2) is 0 Å². The summed E-state index contributed by atoms with van der Waals surface area (Å²) in [7, 11) is 6.50. The third-order valence-corrected chi connectivity index (χ3v) is 2.11. The Morgan fingerprint density at radius 3 is 2.75 bits per heavy atom. The second kappa shape index (κ2) is 5.54. The van der Waals surface area contributed by atoms with E-state index in [1.807, 2.05) is 0 Å². The van der Waals surface area contributed by atoms with Crippen LogP contribution in [0.25, 0.3) is 0 Å². The van der Waals surface area contributed by atoms with Crippen molar-refractivity contribution >= 4 is 13.8 Å². The van der Waals surface area contributed by atoms with Crippen molar-refractivity contribution in [2.45, 2.75) is 13.2 Å². The molecule has 0 aliphatic rings. The summed E-state index contributed by atoms with van der Waals surface area (Å²) in [5.41, 5.74) is 0.404. The molecule has 3 nitrogen and oxygen atoms in total. The van der Waals surface area contributed by atoms with Gasteiger partial charge in [0.1, 0.15) is 11.6 Å². The Kier molecular flexibility index (Phi) is 4.34. The van der Waals surface area contributed by atoms with E-state index in [9.17, 15) is 9.18 Å². The van der Waals surface area contributed by atoms with Crippen LogP contribution >= 0.6 is 0 Å². The molecule has 0 saturated heterocycles. The first-order valence-electron chi connectivity index (χ1n) is 4.81. The largest absolute Gasteiger partial charge is 0.494 e. The number of carbonyl (C=O) groups is 1. The van der Waals surface area contributed by atoms with Crippen molar-refractivity contribution in [1.29, 1.82) is 0 Å². The Labute approximate surface area is 95.0 Å². The number of ether oxygens (including phenoxy) is 2. The van der Waals surface area contributed by atoms with E-state index in [-0.39, 0.29) is 23.5 Å². The highest BCUT2D eigenvalue weighted by atomic mass is 19.1. The lowest BCUT2D eigenvalue weighted by molar-refractivity contribution is 0.0598. The first kappa shape index (κ1) is 12.6. The van der Waals surface area contributed by atoms with E-state index < -0.39 is 11.8 Å². The molecule has 0 unspecified atom stereocenters. The van der Waals surface area contributed by atoms with Gasteiger partial charge in [-0.2, -0.15) is 0 Å². The van der Waals surface area contributed by atoms with Crippen LogP contribution in [0, 0.1) is 12.7 Å². The van der Waals surface area contributed by atoms with Crippen LogP contribution in [0.15, 0.2) is 12.1 Å². The molecule has 0 aliphatic heterocycles. The van der Waals surface area contributed by atoms with Gasteiger partial charge in [0.25, 0.3) is 0 Å². The van der Waals surface area contributed by atoms with Crippen LogP contribution in [0.5, 0.6) is 5.75 Å². The van der Waals surface area contributed by atoms with Crippen LogP contribution in [0.2, 0.25) is 6.32 Å². The van der Waals surface area contributed by atoms with E-state index in [1.165, 1.54) is 26.2 Å². The number of halogens is 1. The fraction of sp³-hybridized carbons (Fsp3) is 0.364. The Hall–Kier alpha value is -1.52. The molecule has 16 heavy (non-hydrogen) atoms. The second-order valence-corrected chi connectivity index (χ2v) is 3.21. The Morgan fingerprint density at radius 2 is 2.19 bits per heavy atom. The summed E-state index contributed by atoms with van der Waals surface area (Å²) >= 11 is 0. The third-order valence-electron chi connectivity index (χ3n) is 2.11. The molecule has 0 bridgehead atoms. The van der Waals surface area contributed by atoms with Crippen LogP contribution < -0.4 is 4.74 Å². The van der Waals surface area contributed by atoms with Crippen molar-refractivity contribution in [3.8, 4) is 5.75 Å². The summed E-state index contributed by atoms with van der Waals surface area (Å²) < 4.78 is 23.1. The highest BCUT2D eigenvalue weighted by molar-refractivity contribution is 6.08. The zero-order chi connectivity index (χ0) is 12.1. The summed E-state index contributed by atoms with van der Waals surface area (Å²) in [6, 6.07) is 2.66. The highest BCUT2D eigenvalue weighted by Crippen LogP contribution is 2.21. The van der Waals surface area contributed by atoms with Crippen LogP contribution in [-0.4, -0.2) is 27.5 Å². The van der Waals surface area contributed by atoms with E-state index >= 15 is 0 Å². The lowest BCUT2D eigenvalue weighted by Crippen LogP contribution is -2.07. The quantitative estimate of drug-likeness (QED) is 0.576. The van der Waals surface area contributed by atoms with Crippen LogP contribution in [0.4, 0.5) is 4.39 Å². The molecule has 2 radical (unpaired) electrons. The van der Waals surface area contributed by atoms with Gasteiger partial charge >= 0.3 is 5.97 Å². The van der Waals surface area contributed by atoms with Gasteiger partial charge < -0.3 is 9.47 Å². The number of hydrogen-bond acceptors (Lipinski definition) is 3. The van der Waals surface area contributed by atoms with Gasteiger partial charge in [0, 0.05) is 6.07 Å². The molecule has 84 valence electrons. The zero-order valence-electron chi connectivity index (χ0n) is 9.25. The zero-order valence-corrected chi connectivity index (χ0v) is 9.25. The maximum atomic E-state index is 13.4. The number of esters is 1. The van der Waals surface area contributed by atoms with E-state index in [2.05, 4.69) is 4.74 Å². The normalized spacial score (nSPS) is 9.94. The minimum atomic E-state index is -0.588. The molecular formula is C11H12BFO3. The van der Waals surface area contributed by atoms with E-state index in [0.29, 0.717) is 6.32 Å². The fourth-order valence-corrected chi connectivity index (χ4v) is 1.24. The van der Waals surface area contributed by atoms with Crippen LogP contribution in [0.1, 0.15) is 15.9 Å². The Morgan fingerprint density at radius 1 is 1.50 bits per heavy atom. The molecule has 1 rings (SSSR count). The molecule has 0 atom stereocenters. The van der Waals surface area contributed by atoms with Crippen LogP contribution in [0.3, 0.4) is 0 Å². The minimum Gasteiger partial charge on any atom is -0.494 e. The van der Waals surface area contributed by atoms with Gasteiger partial charge in [-0.1, -0.05) is 6.32 Å². The maximum absolute atomic E-state index is 13.4. The predicted octanol–water partition coefficient (Wildman–Crippen LogP) is 1.89. The van der Waals surface area contributed by atoms with Crippen molar-refractivity contribution in [2.24, 2.45) is 0 Å². The number of carbonyl (C=O) groups excluding carboxylic acids is 1. The van der Waals surface area contributed by atoms with E-state index in [0.717, 1.165) is 0 Å². The molecule has 0 fully saturated rings. The van der Waals surface area contributed by atoms with Gasteiger partial charge in [-0.25, -0.2) is 9.18 Å². The van der Waals surface area contributed by atoms with Crippen LogP contribution in [-0.2, 0) is 4.74 Å². The van der Waals surface area contributed by atoms with Crippen molar-refractivity contribution in [3.63, 3.8) is 0 Å². The summed E-state index contributed by atoms with van der Waals surface area (Å²) in [5, 5.41) is 0. The highest BCUT2D eigenvalue weighted by Gasteiger charge is 2.14. The summed E-state index contributed by atoms with van der Waals surface area (Å²) in [6.45, 7) is 1.78. The van der Waals surface area contributed by atoms with Gasteiger partial charge in [0.2, 0.25) is 0 Å². The molecule has 0 amide bonds. The molecular weight excluding hydrogens is 210 g/mol. The number of hydrogen-bond donors (Lipinski definition) is 0. The van der Waals surface area contributed by atoms with E-state index in [1.54, 1.807) is 0 Å². The second-order valence-electron chi connectivity index (χ2n) is 3.21. The van der Waals surface area contributed by atoms with Gasteiger partial charge in [0.05, 0.1) is 27.1 Å². The Balaban J connectivity index is 3.06. The molecule has 0 saturated carbocycles. The first-order valence-corrected chi connectivity index (χ1v) is 4.81. The number of methoxy groups -OCH3 is 1. The lowest BCUT2D eigenvalue weighted by Gasteiger charge is -2.09. The first-order chi connectivity index (χ1) is 7.60. The third kappa shape index (κ3) is 2.75. The van der Waals surface area contributed by atoms with Gasteiger partial charge in [-0.15, -0.1) is 0 Å². The summed E-state index contributed by atoms with van der Waals surface area (Å²) in [6.07, 6.45) is 0.322. The van der Waals surface area contributed by atoms with Crippen molar-refractivity contribution in [1.82, 2.24) is 0 Å². The van der Waals surface area contributed by atoms with E-state index in [4.69, 9.17) is 12.6 Å². The summed E-state index contributed by atoms with van der Waals surface area (Å²) in [4.78, 5) is 11.3. The Bertz CT molecular complexity index is 393. The molecule has 0 aliphatic carbocycles. The summed E-state index contributed by atoms with van der Waals surface area (Å²) in [5.74, 6) is -0.821. The topological polar surface area (TPSA) is 35.5 Å². The molecule has 0 heterocycles. The number of benzene rings is 1. The van der Waals surface area contributed by atoms with Crippen molar-refractivity contribution < 1.29 is 18.7 Å². The molecule has 0 N–H and O–H groups in total. The minimum absolute atomic E-state index is 0.162. The predicted molar refractivity (Wildman–Crippen MR) is 58.5 cm³/mol. The molecule has 0 aromatic heterocycles. The standard InChI is InChI=1S/C11H12BFO3/c1-7-9(11(14)15-2)5-8(6-10(7)13)16-4-3-12/h5-6H,3-4H2,1-2H3. The van der Waals surface area contributed by atoms with Crippen molar-refractivity contribution in [3.05, 3.63) is 29.1 Å². The average molecular weight is 222 g/mol. The molecule has 0 spiro atoms. The molecule has 1 aromatic rings. The smallest absolute Gasteiger partial charge is 0.338 e. The lowest BCUT2D eigenvalue weighted by atomic mass is 10.1. The number of rotatable bonds is 4. The fourth-order valence-electron chi connectivity index (χ4n) is 1.24. The van der Waals surface area contributed by atoms with Gasteiger partial charge in [-0.05, 0) is 18.6 Å². The molecule has 5 heteroatoms.